The maximum atomic E-state index is 14.1. The van der Waals surface area contributed by atoms with Crippen LogP contribution in [-0.2, 0) is 23.4 Å². The monoisotopic (exact) mass is 655 g/mol. The number of aromatic nitrogens is 2. The highest BCUT2D eigenvalue weighted by Crippen LogP contribution is 2.48. The molecule has 1 saturated heterocycles. The van der Waals surface area contributed by atoms with Crippen LogP contribution in [0.25, 0.3) is 10.8 Å². The first-order chi connectivity index (χ1) is 19.2. The number of nitrogens with one attached hydrogen (secondary N) is 2. The molecule has 1 aliphatic rings. The lowest BCUT2D eigenvalue weighted by atomic mass is 9.96. The molecule has 15 heteroatoms. The molecule has 222 valence electrons. The van der Waals surface area contributed by atoms with E-state index in [1.165, 1.54) is 13.8 Å². The highest BCUT2D eigenvalue weighted by molar-refractivity contribution is 9.10. The Kier molecular flexibility index (Phi) is 9.24. The maximum absolute atomic E-state index is 14.1. The minimum Gasteiger partial charge on any atom is -0.462 e. The fraction of sp³-hybridized carbons (Fsp3) is 0.423. The van der Waals surface area contributed by atoms with Gasteiger partial charge in [-0.15, -0.1) is 0 Å². The normalized spacial score (nSPS) is 24.7. The van der Waals surface area contributed by atoms with E-state index in [4.69, 9.17) is 18.5 Å². The number of rotatable bonds is 10. The standard InChI is InChI=1S/C26H31BrN3O10P/c1-14(2)38-23(33)15(3)29-41(36,40-19-11-7-9-16-8-5-6-10-17(16)19)37-13-20-21(31)26(4,35)24(39-20)30-12-18(27)22(32)28-25(30)34/h5-12,14-15,20-21,24,31,35H,13H2,1-4H3,(H,29,36)(H,28,32,34)/t15-,20-,21-,24-,26-,41?/m1/s1. The van der Waals surface area contributed by atoms with E-state index in [0.29, 0.717) is 5.39 Å². The molecule has 2 aromatic carbocycles. The topological polar surface area (TPSA) is 178 Å². The summed E-state index contributed by atoms with van der Waals surface area (Å²) in [7, 11) is -4.38. The summed E-state index contributed by atoms with van der Waals surface area (Å²) < 4.78 is 37.5. The molecular formula is C26H31BrN3O10P. The smallest absolute Gasteiger partial charge is 0.459 e. The van der Waals surface area contributed by atoms with Crippen LogP contribution in [0.2, 0.25) is 0 Å². The zero-order valence-electron chi connectivity index (χ0n) is 22.6. The van der Waals surface area contributed by atoms with Crippen molar-refractivity contribution in [2.75, 3.05) is 6.61 Å². The first-order valence-corrected chi connectivity index (χ1v) is 15.0. The third-order valence-corrected chi connectivity index (χ3v) is 8.56. The Balaban J connectivity index is 1.61. The zero-order valence-corrected chi connectivity index (χ0v) is 25.1. The van der Waals surface area contributed by atoms with E-state index in [2.05, 4.69) is 26.0 Å². The Morgan fingerprint density at radius 3 is 2.61 bits per heavy atom. The number of esters is 1. The number of ether oxygens (including phenoxy) is 2. The van der Waals surface area contributed by atoms with E-state index in [0.717, 1.165) is 16.2 Å². The minimum atomic E-state index is -4.38. The van der Waals surface area contributed by atoms with Crippen LogP contribution in [-0.4, -0.2) is 62.3 Å². The SMILES string of the molecule is CC(C)OC(=O)[C@@H](C)NP(=O)(OC[C@H]1O[C@@H](n2cc(Br)c(=O)[nH]c2=O)[C@](C)(O)[C@@H]1O)Oc1cccc2ccccc12. The molecule has 0 amide bonds. The first-order valence-electron chi connectivity index (χ1n) is 12.7. The molecule has 41 heavy (non-hydrogen) atoms. The molecule has 3 aromatic rings. The van der Waals surface area contributed by atoms with Crippen molar-refractivity contribution in [3.8, 4) is 5.75 Å². The van der Waals surface area contributed by atoms with Crippen LogP contribution in [0.1, 0.15) is 33.9 Å². The van der Waals surface area contributed by atoms with Crippen molar-refractivity contribution in [1.82, 2.24) is 14.6 Å². The van der Waals surface area contributed by atoms with E-state index in [1.807, 2.05) is 18.2 Å². The van der Waals surface area contributed by atoms with Crippen molar-refractivity contribution in [2.24, 2.45) is 0 Å². The molecule has 1 aromatic heterocycles. The zero-order chi connectivity index (χ0) is 30.1. The van der Waals surface area contributed by atoms with Crippen LogP contribution in [0.3, 0.4) is 0 Å². The van der Waals surface area contributed by atoms with Gasteiger partial charge in [-0.1, -0.05) is 36.4 Å². The Morgan fingerprint density at radius 1 is 1.22 bits per heavy atom. The molecule has 2 heterocycles. The Bertz CT molecular complexity index is 1580. The van der Waals surface area contributed by atoms with Gasteiger partial charge >= 0.3 is 19.4 Å². The number of carbonyl (C=O) groups excluding carboxylic acids is 1. The summed E-state index contributed by atoms with van der Waals surface area (Å²) >= 11 is 3.02. The lowest BCUT2D eigenvalue weighted by Crippen LogP contribution is -2.47. The summed E-state index contributed by atoms with van der Waals surface area (Å²) in [6.07, 6.45) is -3.69. The number of aromatic amines is 1. The number of H-pyrrole nitrogens is 1. The second-order valence-corrected chi connectivity index (χ2v) is 12.6. The highest BCUT2D eigenvalue weighted by atomic mass is 79.9. The Labute approximate surface area is 243 Å². The number of carbonyl (C=O) groups is 1. The van der Waals surface area contributed by atoms with Crippen LogP contribution >= 0.6 is 23.7 Å². The predicted molar refractivity (Wildman–Crippen MR) is 152 cm³/mol. The molecule has 1 fully saturated rings. The maximum Gasteiger partial charge on any atom is 0.459 e. The molecule has 6 atom stereocenters. The van der Waals surface area contributed by atoms with Crippen LogP contribution in [0.15, 0.2) is 62.7 Å². The van der Waals surface area contributed by atoms with Crippen LogP contribution in [0, 0.1) is 0 Å². The molecule has 0 bridgehead atoms. The Morgan fingerprint density at radius 2 is 1.90 bits per heavy atom. The van der Waals surface area contributed by atoms with Gasteiger partial charge in [0.15, 0.2) is 6.23 Å². The van der Waals surface area contributed by atoms with Crippen molar-refractivity contribution < 1.29 is 38.1 Å². The van der Waals surface area contributed by atoms with Crippen molar-refractivity contribution in [1.29, 1.82) is 0 Å². The number of hydrogen-bond acceptors (Lipinski definition) is 10. The fourth-order valence-corrected chi connectivity index (χ4v) is 6.14. The third kappa shape index (κ3) is 6.81. The molecule has 0 aliphatic carbocycles. The van der Waals surface area contributed by atoms with Gasteiger partial charge in [-0.05, 0) is 55.1 Å². The summed E-state index contributed by atoms with van der Waals surface area (Å²) in [6, 6.07) is 11.2. The summed E-state index contributed by atoms with van der Waals surface area (Å²) in [5, 5.41) is 25.9. The van der Waals surface area contributed by atoms with Gasteiger partial charge in [-0.2, -0.15) is 5.09 Å². The minimum absolute atomic E-state index is 0.00912. The molecular weight excluding hydrogens is 625 g/mol. The van der Waals surface area contributed by atoms with Crippen molar-refractivity contribution in [3.05, 3.63) is 74.0 Å². The number of benzene rings is 2. The summed E-state index contributed by atoms with van der Waals surface area (Å²) in [6.45, 7) is 5.41. The van der Waals surface area contributed by atoms with Gasteiger partial charge in [0.2, 0.25) is 0 Å². The van der Waals surface area contributed by atoms with Crippen molar-refractivity contribution >= 4 is 40.4 Å². The number of fused-ring (bicyclic) bond motifs is 1. The van der Waals surface area contributed by atoms with Gasteiger partial charge < -0.3 is 24.2 Å². The van der Waals surface area contributed by atoms with Gasteiger partial charge in [0.25, 0.3) is 5.56 Å². The van der Waals surface area contributed by atoms with Gasteiger partial charge in [-0.3, -0.25) is 23.7 Å². The predicted octanol–water partition coefficient (Wildman–Crippen LogP) is 2.59. The van der Waals surface area contributed by atoms with Crippen molar-refractivity contribution in [3.63, 3.8) is 0 Å². The quantitative estimate of drug-likeness (QED) is 0.186. The van der Waals surface area contributed by atoms with Gasteiger partial charge in [0.1, 0.15) is 29.6 Å². The second-order valence-electron chi connectivity index (χ2n) is 10.0. The number of nitrogens with zero attached hydrogens (tertiary/aromatic N) is 1. The number of halogens is 1. The van der Waals surface area contributed by atoms with E-state index in [-0.39, 0.29) is 10.2 Å². The largest absolute Gasteiger partial charge is 0.462 e. The lowest BCUT2D eigenvalue weighted by Gasteiger charge is -2.27. The molecule has 0 spiro atoms. The summed E-state index contributed by atoms with van der Waals surface area (Å²) in [5.41, 5.74) is -3.61. The fourth-order valence-electron chi connectivity index (χ4n) is 4.30. The second kappa shape index (κ2) is 12.2. The van der Waals surface area contributed by atoms with Gasteiger partial charge in [0.05, 0.1) is 17.2 Å². The molecule has 0 saturated carbocycles. The summed E-state index contributed by atoms with van der Waals surface area (Å²) in [4.78, 5) is 38.8. The number of aliphatic hydroxyl groups is 2. The molecule has 0 radical (unpaired) electrons. The van der Waals surface area contributed by atoms with E-state index < -0.39 is 67.8 Å². The van der Waals surface area contributed by atoms with Crippen LogP contribution in [0.5, 0.6) is 5.75 Å². The molecule has 4 N–H and O–H groups in total. The first kappa shape index (κ1) is 31.1. The van der Waals surface area contributed by atoms with E-state index in [9.17, 15) is 29.2 Å². The number of hydrogen-bond donors (Lipinski definition) is 4. The molecule has 1 unspecified atom stereocenters. The highest BCUT2D eigenvalue weighted by Gasteiger charge is 2.54. The summed E-state index contributed by atoms with van der Waals surface area (Å²) in [5.74, 6) is -0.501. The lowest BCUT2D eigenvalue weighted by molar-refractivity contribution is -0.149. The van der Waals surface area contributed by atoms with Crippen LogP contribution < -0.4 is 20.9 Å². The van der Waals surface area contributed by atoms with Crippen molar-refractivity contribution in [2.45, 2.75) is 63.9 Å². The van der Waals surface area contributed by atoms with E-state index >= 15 is 0 Å². The number of aliphatic hydroxyl groups excluding tert-OH is 1. The van der Waals surface area contributed by atoms with Crippen LogP contribution in [0.4, 0.5) is 0 Å². The van der Waals surface area contributed by atoms with Gasteiger partial charge in [0, 0.05) is 11.6 Å². The average molecular weight is 656 g/mol. The Hall–Kier alpha value is -2.84. The molecule has 1 aliphatic heterocycles. The van der Waals surface area contributed by atoms with Gasteiger partial charge in [-0.25, -0.2) is 9.36 Å². The average Bonchev–Trinajstić information content (AvgIpc) is 3.13. The molecule has 13 nitrogen and oxygen atoms in total. The molecule has 4 rings (SSSR count). The third-order valence-electron chi connectivity index (χ3n) is 6.37. The van der Waals surface area contributed by atoms with E-state index in [1.54, 1.807) is 38.1 Å².